The molecule has 0 aliphatic heterocycles. The van der Waals surface area contributed by atoms with E-state index < -0.39 is 11.5 Å². The van der Waals surface area contributed by atoms with Gasteiger partial charge in [0.2, 0.25) is 5.88 Å². The second kappa shape index (κ2) is 8.57. The number of ether oxygens (including phenoxy) is 2. The predicted molar refractivity (Wildman–Crippen MR) is 106 cm³/mol. The number of aromatic nitrogens is 2. The van der Waals surface area contributed by atoms with Crippen LogP contribution in [0.1, 0.15) is 41.5 Å². The van der Waals surface area contributed by atoms with Crippen molar-refractivity contribution in [3.05, 3.63) is 42.9 Å². The third-order valence-corrected chi connectivity index (χ3v) is 3.79. The van der Waals surface area contributed by atoms with Crippen molar-refractivity contribution in [2.24, 2.45) is 5.41 Å². The van der Waals surface area contributed by atoms with Crippen LogP contribution in [0.3, 0.4) is 0 Å². The number of nitrogens with zero attached hydrogens (tertiary/aromatic N) is 2. The Morgan fingerprint density at radius 3 is 2.41 bits per heavy atom. The summed E-state index contributed by atoms with van der Waals surface area (Å²) in [5, 5.41) is 3.37. The molecule has 0 aromatic carbocycles. The van der Waals surface area contributed by atoms with Crippen LogP contribution >= 0.6 is 0 Å². The van der Waals surface area contributed by atoms with Crippen LogP contribution in [-0.4, -0.2) is 40.3 Å². The van der Waals surface area contributed by atoms with E-state index in [0.717, 1.165) is 5.69 Å². The van der Waals surface area contributed by atoms with Crippen molar-refractivity contribution in [2.45, 2.75) is 53.2 Å². The molecule has 0 unspecified atom stereocenters. The average molecular weight is 373 g/mol. The fourth-order valence-electron chi connectivity index (χ4n) is 2.24. The van der Waals surface area contributed by atoms with Crippen LogP contribution in [0.4, 0.5) is 0 Å². The van der Waals surface area contributed by atoms with Gasteiger partial charge in [0.05, 0.1) is 5.41 Å². The monoisotopic (exact) mass is 373 g/mol. The van der Waals surface area contributed by atoms with E-state index in [0.29, 0.717) is 12.4 Å². The number of esters is 1. The van der Waals surface area contributed by atoms with Gasteiger partial charge >= 0.3 is 5.97 Å². The molecule has 0 bridgehead atoms. The highest BCUT2D eigenvalue weighted by Gasteiger charge is 2.27. The van der Waals surface area contributed by atoms with Gasteiger partial charge in [-0.2, -0.15) is 0 Å². The summed E-state index contributed by atoms with van der Waals surface area (Å²) in [6.07, 6.45) is 5.13. The van der Waals surface area contributed by atoms with Crippen molar-refractivity contribution in [1.82, 2.24) is 14.9 Å². The molecule has 0 aliphatic carbocycles. The Kier molecular flexibility index (Phi) is 6.65. The van der Waals surface area contributed by atoms with Crippen molar-refractivity contribution < 1.29 is 14.3 Å². The average Bonchev–Trinajstić information content (AvgIpc) is 3.10. The Labute approximate surface area is 161 Å². The van der Waals surface area contributed by atoms with Crippen LogP contribution < -0.4 is 10.1 Å². The topological polar surface area (TPSA) is 65.4 Å². The van der Waals surface area contributed by atoms with E-state index in [2.05, 4.69) is 31.1 Å². The summed E-state index contributed by atoms with van der Waals surface area (Å²) >= 11 is 0. The molecule has 2 aromatic rings. The van der Waals surface area contributed by atoms with Crippen molar-refractivity contribution in [3.8, 4) is 11.6 Å². The third-order valence-electron chi connectivity index (χ3n) is 3.79. The molecule has 0 amide bonds. The zero-order valence-electron chi connectivity index (χ0n) is 17.2. The lowest BCUT2D eigenvalue weighted by molar-refractivity contribution is -0.160. The van der Waals surface area contributed by atoms with Crippen LogP contribution in [0, 0.1) is 5.41 Å². The quantitative estimate of drug-likeness (QED) is 0.751. The standard InChI is InChI=1S/C21H31N3O3/c1-20(2,3)19(25)27-16(14-23-21(4,5)6)15-26-18-17(10-9-11-22-18)24-12-7-8-13-24/h7-13,16,23H,14-15H2,1-6H3/t16-/m0/s1. The molecule has 0 spiro atoms. The van der Waals surface area contributed by atoms with E-state index in [1.165, 1.54) is 0 Å². The Balaban J connectivity index is 2.10. The van der Waals surface area contributed by atoms with Gasteiger partial charge in [-0.3, -0.25) is 4.79 Å². The number of pyridine rings is 1. The number of rotatable bonds is 7. The van der Waals surface area contributed by atoms with Gasteiger partial charge in [-0.05, 0) is 65.8 Å². The van der Waals surface area contributed by atoms with Gasteiger partial charge in [0.25, 0.3) is 0 Å². The van der Waals surface area contributed by atoms with E-state index in [9.17, 15) is 4.79 Å². The zero-order chi connectivity index (χ0) is 20.1. The molecular formula is C21H31N3O3. The molecule has 1 atom stereocenters. The van der Waals surface area contributed by atoms with Gasteiger partial charge in [0, 0.05) is 30.7 Å². The first-order valence-corrected chi connectivity index (χ1v) is 9.23. The number of hydrogen-bond acceptors (Lipinski definition) is 5. The Morgan fingerprint density at radius 1 is 1.15 bits per heavy atom. The highest BCUT2D eigenvalue weighted by molar-refractivity contribution is 5.75. The minimum atomic E-state index is -0.568. The summed E-state index contributed by atoms with van der Waals surface area (Å²) in [4.78, 5) is 16.7. The Bertz CT molecular complexity index is 728. The molecule has 6 heteroatoms. The maximum atomic E-state index is 12.3. The summed E-state index contributed by atoms with van der Waals surface area (Å²) in [6.45, 7) is 12.4. The van der Waals surface area contributed by atoms with Gasteiger partial charge in [-0.15, -0.1) is 0 Å². The minimum absolute atomic E-state index is 0.0896. The summed E-state index contributed by atoms with van der Waals surface area (Å²) in [7, 11) is 0. The van der Waals surface area contributed by atoms with E-state index in [-0.39, 0.29) is 18.1 Å². The van der Waals surface area contributed by atoms with E-state index in [1.54, 1.807) is 6.20 Å². The van der Waals surface area contributed by atoms with Gasteiger partial charge in [0.1, 0.15) is 18.4 Å². The van der Waals surface area contributed by atoms with Crippen LogP contribution in [0.15, 0.2) is 42.9 Å². The van der Waals surface area contributed by atoms with Gasteiger partial charge in [0.15, 0.2) is 0 Å². The first kappa shape index (κ1) is 21.0. The summed E-state index contributed by atoms with van der Waals surface area (Å²) in [6, 6.07) is 7.68. The molecule has 0 saturated heterocycles. The maximum absolute atomic E-state index is 12.3. The van der Waals surface area contributed by atoms with Gasteiger partial charge in [-0.1, -0.05) is 0 Å². The zero-order valence-corrected chi connectivity index (χ0v) is 17.2. The van der Waals surface area contributed by atoms with Crippen molar-refractivity contribution in [3.63, 3.8) is 0 Å². The van der Waals surface area contributed by atoms with Crippen molar-refractivity contribution in [2.75, 3.05) is 13.2 Å². The van der Waals surface area contributed by atoms with E-state index in [1.807, 2.05) is 62.0 Å². The summed E-state index contributed by atoms with van der Waals surface area (Å²) in [5.74, 6) is 0.250. The Hall–Kier alpha value is -2.34. The molecule has 1 N–H and O–H groups in total. The Morgan fingerprint density at radius 2 is 1.81 bits per heavy atom. The van der Waals surface area contributed by atoms with Crippen molar-refractivity contribution in [1.29, 1.82) is 0 Å². The van der Waals surface area contributed by atoms with Gasteiger partial charge < -0.3 is 19.4 Å². The first-order valence-electron chi connectivity index (χ1n) is 9.23. The summed E-state index contributed by atoms with van der Waals surface area (Å²) < 4.78 is 13.6. The van der Waals surface area contributed by atoms with E-state index >= 15 is 0 Å². The molecule has 2 rings (SSSR count). The molecule has 148 valence electrons. The van der Waals surface area contributed by atoms with E-state index in [4.69, 9.17) is 9.47 Å². The third kappa shape index (κ3) is 6.71. The predicted octanol–water partition coefficient (Wildman–Crippen LogP) is 3.60. The minimum Gasteiger partial charge on any atom is -0.472 e. The molecule has 0 saturated carbocycles. The number of hydrogen-bond donors (Lipinski definition) is 1. The number of nitrogens with one attached hydrogen (secondary N) is 1. The molecule has 27 heavy (non-hydrogen) atoms. The van der Waals surface area contributed by atoms with Crippen molar-refractivity contribution >= 4 is 5.97 Å². The molecule has 2 aromatic heterocycles. The lowest BCUT2D eigenvalue weighted by Crippen LogP contribution is -2.45. The second-order valence-electron chi connectivity index (χ2n) is 8.64. The van der Waals surface area contributed by atoms with Gasteiger partial charge in [-0.25, -0.2) is 4.98 Å². The molecule has 0 fully saturated rings. The molecule has 6 nitrogen and oxygen atoms in total. The lowest BCUT2D eigenvalue weighted by atomic mass is 9.97. The van der Waals surface area contributed by atoms with Crippen LogP contribution in [0.25, 0.3) is 5.69 Å². The fourth-order valence-corrected chi connectivity index (χ4v) is 2.24. The molecule has 0 radical (unpaired) electrons. The van der Waals surface area contributed by atoms with Crippen LogP contribution in [0.5, 0.6) is 5.88 Å². The summed E-state index contributed by atoms with van der Waals surface area (Å²) in [5.41, 5.74) is 0.182. The number of carbonyl (C=O) groups excluding carboxylic acids is 1. The highest BCUT2D eigenvalue weighted by atomic mass is 16.6. The normalized spacial score (nSPS) is 13.3. The first-order chi connectivity index (χ1) is 12.6. The maximum Gasteiger partial charge on any atom is 0.311 e. The second-order valence-corrected chi connectivity index (χ2v) is 8.64. The molecule has 2 heterocycles. The molecular weight excluding hydrogens is 342 g/mol. The number of carbonyl (C=O) groups is 1. The SMILES string of the molecule is CC(C)(C)NC[C@@H](COc1ncccc1-n1cccc1)OC(=O)C(C)(C)C. The fraction of sp³-hybridized carbons (Fsp3) is 0.524. The molecule has 0 aliphatic rings. The van der Waals surface area contributed by atoms with Crippen LogP contribution in [0.2, 0.25) is 0 Å². The van der Waals surface area contributed by atoms with Crippen LogP contribution in [-0.2, 0) is 9.53 Å². The smallest absolute Gasteiger partial charge is 0.311 e. The lowest BCUT2D eigenvalue weighted by Gasteiger charge is -2.27. The highest BCUT2D eigenvalue weighted by Crippen LogP contribution is 2.21. The largest absolute Gasteiger partial charge is 0.472 e.